The van der Waals surface area contributed by atoms with E-state index in [1.807, 2.05) is 20.8 Å². The highest BCUT2D eigenvalue weighted by atomic mass is 15.2. The minimum absolute atomic E-state index is 0.686. The van der Waals surface area contributed by atoms with Gasteiger partial charge in [0.25, 0.3) is 0 Å². The molecule has 17 heavy (non-hydrogen) atoms. The van der Waals surface area contributed by atoms with E-state index in [0.717, 1.165) is 42.5 Å². The zero-order chi connectivity index (χ0) is 12.4. The third kappa shape index (κ3) is 2.57. The summed E-state index contributed by atoms with van der Waals surface area (Å²) < 4.78 is 0. The molecule has 1 aliphatic heterocycles. The summed E-state index contributed by atoms with van der Waals surface area (Å²) in [5.41, 5.74) is 8.82. The Morgan fingerprint density at radius 2 is 1.65 bits per heavy atom. The van der Waals surface area contributed by atoms with Crippen molar-refractivity contribution in [3.63, 3.8) is 0 Å². The minimum atomic E-state index is 0.686. The van der Waals surface area contributed by atoms with E-state index < -0.39 is 0 Å². The Kier molecular flexibility index (Phi) is 3.62. The Hall–Kier alpha value is -1.16. The topological polar surface area (TPSA) is 55.0 Å². The van der Waals surface area contributed by atoms with Crippen LogP contribution in [0.4, 0.5) is 5.82 Å². The van der Waals surface area contributed by atoms with E-state index in [-0.39, 0.29) is 0 Å². The third-order valence-corrected chi connectivity index (χ3v) is 3.70. The standard InChI is InChI=1S/C13H22N4/c1-9-10(2)16-13(11(3)15-9)17-6-4-12(8-14)5-7-17/h12H,4-8,14H2,1-3H3. The molecule has 4 heteroatoms. The van der Waals surface area contributed by atoms with Gasteiger partial charge in [-0.3, -0.25) is 4.98 Å². The number of hydrogen-bond donors (Lipinski definition) is 1. The summed E-state index contributed by atoms with van der Waals surface area (Å²) in [6, 6.07) is 0. The average Bonchev–Trinajstić information content (AvgIpc) is 2.34. The summed E-state index contributed by atoms with van der Waals surface area (Å²) in [4.78, 5) is 11.6. The predicted octanol–water partition coefficient (Wildman–Crippen LogP) is 1.58. The quantitative estimate of drug-likeness (QED) is 0.844. The fourth-order valence-electron chi connectivity index (χ4n) is 2.38. The Labute approximate surface area is 103 Å². The molecule has 2 rings (SSSR count). The summed E-state index contributed by atoms with van der Waals surface area (Å²) in [7, 11) is 0. The lowest BCUT2D eigenvalue weighted by Gasteiger charge is -2.33. The summed E-state index contributed by atoms with van der Waals surface area (Å²) in [5.74, 6) is 1.75. The molecule has 2 heterocycles. The molecule has 0 radical (unpaired) electrons. The highest BCUT2D eigenvalue weighted by molar-refractivity contribution is 5.44. The van der Waals surface area contributed by atoms with Gasteiger partial charge in [-0.05, 0) is 46.1 Å². The molecule has 1 saturated heterocycles. The van der Waals surface area contributed by atoms with Crippen LogP contribution >= 0.6 is 0 Å². The van der Waals surface area contributed by atoms with Crippen LogP contribution in [0.2, 0.25) is 0 Å². The van der Waals surface area contributed by atoms with Crippen LogP contribution in [0.1, 0.15) is 29.9 Å². The van der Waals surface area contributed by atoms with E-state index in [1.165, 1.54) is 12.8 Å². The van der Waals surface area contributed by atoms with Gasteiger partial charge in [-0.1, -0.05) is 0 Å². The van der Waals surface area contributed by atoms with E-state index in [2.05, 4.69) is 14.9 Å². The van der Waals surface area contributed by atoms with Crippen LogP contribution in [-0.4, -0.2) is 29.6 Å². The van der Waals surface area contributed by atoms with E-state index in [9.17, 15) is 0 Å². The van der Waals surface area contributed by atoms with Gasteiger partial charge in [0.15, 0.2) is 0 Å². The molecule has 0 bridgehead atoms. The highest BCUT2D eigenvalue weighted by Gasteiger charge is 2.21. The lowest BCUT2D eigenvalue weighted by atomic mass is 9.97. The van der Waals surface area contributed by atoms with Gasteiger partial charge in [0.2, 0.25) is 0 Å². The maximum Gasteiger partial charge on any atom is 0.150 e. The zero-order valence-corrected chi connectivity index (χ0v) is 11.0. The van der Waals surface area contributed by atoms with Crippen LogP contribution in [-0.2, 0) is 0 Å². The lowest BCUT2D eigenvalue weighted by Crippen LogP contribution is -2.37. The Bertz CT molecular complexity index is 395. The minimum Gasteiger partial charge on any atom is -0.355 e. The van der Waals surface area contributed by atoms with Crippen LogP contribution in [0.5, 0.6) is 0 Å². The number of aryl methyl sites for hydroxylation is 3. The third-order valence-electron chi connectivity index (χ3n) is 3.70. The molecule has 0 aromatic carbocycles. The van der Waals surface area contributed by atoms with Crippen molar-refractivity contribution in [3.8, 4) is 0 Å². The van der Waals surface area contributed by atoms with Crippen molar-refractivity contribution in [1.29, 1.82) is 0 Å². The first-order valence-corrected chi connectivity index (χ1v) is 6.38. The smallest absolute Gasteiger partial charge is 0.150 e. The zero-order valence-electron chi connectivity index (χ0n) is 11.0. The first-order chi connectivity index (χ1) is 8.11. The fourth-order valence-corrected chi connectivity index (χ4v) is 2.38. The molecule has 0 amide bonds. The van der Waals surface area contributed by atoms with Gasteiger partial charge in [0.05, 0.1) is 17.1 Å². The Morgan fingerprint density at radius 1 is 1.06 bits per heavy atom. The second-order valence-electron chi connectivity index (χ2n) is 4.97. The molecule has 1 fully saturated rings. The molecule has 1 aromatic rings. The van der Waals surface area contributed by atoms with Crippen molar-refractivity contribution in [2.45, 2.75) is 33.6 Å². The SMILES string of the molecule is Cc1nc(C)c(N2CCC(CN)CC2)nc1C. The van der Waals surface area contributed by atoms with E-state index in [0.29, 0.717) is 5.92 Å². The number of rotatable bonds is 2. The number of aromatic nitrogens is 2. The van der Waals surface area contributed by atoms with Crippen molar-refractivity contribution in [2.24, 2.45) is 11.7 Å². The van der Waals surface area contributed by atoms with Crippen LogP contribution in [0.3, 0.4) is 0 Å². The predicted molar refractivity (Wildman–Crippen MR) is 70.2 cm³/mol. The number of piperidine rings is 1. The van der Waals surface area contributed by atoms with Crippen LogP contribution in [0.25, 0.3) is 0 Å². The van der Waals surface area contributed by atoms with Crippen LogP contribution in [0.15, 0.2) is 0 Å². The van der Waals surface area contributed by atoms with E-state index >= 15 is 0 Å². The van der Waals surface area contributed by atoms with Gasteiger partial charge < -0.3 is 10.6 Å². The second-order valence-corrected chi connectivity index (χ2v) is 4.97. The van der Waals surface area contributed by atoms with Gasteiger partial charge >= 0.3 is 0 Å². The van der Waals surface area contributed by atoms with E-state index in [4.69, 9.17) is 5.73 Å². The van der Waals surface area contributed by atoms with Crippen molar-refractivity contribution in [1.82, 2.24) is 9.97 Å². The van der Waals surface area contributed by atoms with E-state index in [1.54, 1.807) is 0 Å². The van der Waals surface area contributed by atoms with Crippen molar-refractivity contribution < 1.29 is 0 Å². The molecule has 0 unspecified atom stereocenters. The summed E-state index contributed by atoms with van der Waals surface area (Å²) in [6.07, 6.45) is 2.34. The molecule has 0 saturated carbocycles. The number of nitrogens with zero attached hydrogens (tertiary/aromatic N) is 3. The van der Waals surface area contributed by atoms with Crippen molar-refractivity contribution in [2.75, 3.05) is 24.5 Å². The molecule has 4 nitrogen and oxygen atoms in total. The largest absolute Gasteiger partial charge is 0.355 e. The van der Waals surface area contributed by atoms with Crippen LogP contribution in [0, 0.1) is 26.7 Å². The monoisotopic (exact) mass is 234 g/mol. The highest BCUT2D eigenvalue weighted by Crippen LogP contribution is 2.23. The fraction of sp³-hybridized carbons (Fsp3) is 0.692. The Morgan fingerprint density at radius 3 is 2.24 bits per heavy atom. The summed E-state index contributed by atoms with van der Waals surface area (Å²) in [5, 5.41) is 0. The van der Waals surface area contributed by atoms with Gasteiger partial charge in [-0.2, -0.15) is 0 Å². The normalized spacial score (nSPS) is 17.5. The molecular weight excluding hydrogens is 212 g/mol. The lowest BCUT2D eigenvalue weighted by molar-refractivity contribution is 0.412. The van der Waals surface area contributed by atoms with Crippen LogP contribution < -0.4 is 10.6 Å². The molecule has 2 N–H and O–H groups in total. The van der Waals surface area contributed by atoms with Crippen molar-refractivity contribution in [3.05, 3.63) is 17.1 Å². The van der Waals surface area contributed by atoms with Gasteiger partial charge in [0, 0.05) is 13.1 Å². The number of nitrogens with two attached hydrogens (primary N) is 1. The summed E-state index contributed by atoms with van der Waals surface area (Å²) in [6.45, 7) is 9.01. The van der Waals surface area contributed by atoms with Crippen molar-refractivity contribution >= 4 is 5.82 Å². The first-order valence-electron chi connectivity index (χ1n) is 6.38. The number of anilines is 1. The van der Waals surface area contributed by atoms with Gasteiger partial charge in [0.1, 0.15) is 5.82 Å². The van der Waals surface area contributed by atoms with Gasteiger partial charge in [-0.25, -0.2) is 4.98 Å². The molecule has 1 aromatic heterocycles. The maximum atomic E-state index is 5.71. The molecular formula is C13H22N4. The number of hydrogen-bond acceptors (Lipinski definition) is 4. The molecule has 94 valence electrons. The molecule has 0 spiro atoms. The second kappa shape index (κ2) is 5.00. The Balaban J connectivity index is 2.16. The molecule has 0 atom stereocenters. The molecule has 0 aliphatic carbocycles. The summed E-state index contributed by atoms with van der Waals surface area (Å²) >= 11 is 0. The average molecular weight is 234 g/mol. The van der Waals surface area contributed by atoms with Gasteiger partial charge in [-0.15, -0.1) is 0 Å². The molecule has 1 aliphatic rings. The first kappa shape index (κ1) is 12.3. The maximum absolute atomic E-state index is 5.71.